The number of nitrogens with zero attached hydrogens (tertiary/aromatic N) is 1. The minimum Gasteiger partial charge on any atom is -0.370 e. The fourth-order valence-electron chi connectivity index (χ4n) is 1.88. The second kappa shape index (κ2) is 6.93. The van der Waals surface area contributed by atoms with Crippen LogP contribution in [0.1, 0.15) is 31.2 Å². The van der Waals surface area contributed by atoms with Gasteiger partial charge in [-0.05, 0) is 43.9 Å². The second-order valence-electron chi connectivity index (χ2n) is 5.21. The molecule has 5 nitrogen and oxygen atoms in total. The van der Waals surface area contributed by atoms with Gasteiger partial charge in [0.05, 0.1) is 0 Å². The monoisotopic (exact) mass is 274 g/mol. The predicted molar refractivity (Wildman–Crippen MR) is 81.7 cm³/mol. The van der Waals surface area contributed by atoms with Crippen LogP contribution in [0.15, 0.2) is 29.3 Å². The van der Waals surface area contributed by atoms with E-state index in [-0.39, 0.29) is 5.91 Å². The van der Waals surface area contributed by atoms with Crippen LogP contribution in [0.5, 0.6) is 0 Å². The third-order valence-corrected chi connectivity index (χ3v) is 3.08. The molecule has 1 saturated carbocycles. The number of hydrogen-bond donors (Lipinski definition) is 3. The number of hydrogen-bond acceptors (Lipinski definition) is 2. The molecule has 0 atom stereocenters. The van der Waals surface area contributed by atoms with Crippen LogP contribution in [0.25, 0.3) is 0 Å². The van der Waals surface area contributed by atoms with E-state index in [0.717, 1.165) is 24.9 Å². The molecule has 108 valence electrons. The summed E-state index contributed by atoms with van der Waals surface area (Å²) in [6, 6.07) is 8.37. The van der Waals surface area contributed by atoms with Gasteiger partial charge in [-0.3, -0.25) is 9.79 Å². The van der Waals surface area contributed by atoms with Crippen molar-refractivity contribution in [1.82, 2.24) is 5.32 Å². The fraction of sp³-hybridized carbons (Fsp3) is 0.467. The van der Waals surface area contributed by atoms with Gasteiger partial charge in [-0.1, -0.05) is 12.1 Å². The van der Waals surface area contributed by atoms with E-state index in [2.05, 4.69) is 15.6 Å². The van der Waals surface area contributed by atoms with Crippen LogP contribution in [-0.2, 0) is 4.79 Å². The Labute approximate surface area is 119 Å². The van der Waals surface area contributed by atoms with Crippen LogP contribution in [0.2, 0.25) is 0 Å². The number of nitrogens with one attached hydrogen (secondary N) is 2. The van der Waals surface area contributed by atoms with Crippen molar-refractivity contribution in [2.75, 3.05) is 11.9 Å². The molecule has 0 bridgehead atoms. The molecule has 0 unspecified atom stereocenters. The third kappa shape index (κ3) is 5.30. The van der Waals surface area contributed by atoms with Crippen molar-refractivity contribution in [3.8, 4) is 0 Å². The molecule has 0 saturated heterocycles. The maximum absolute atomic E-state index is 11.5. The molecular weight excluding hydrogens is 252 g/mol. The quantitative estimate of drug-likeness (QED) is 0.420. The lowest BCUT2D eigenvalue weighted by molar-refractivity contribution is -0.121. The first-order valence-corrected chi connectivity index (χ1v) is 7.06. The van der Waals surface area contributed by atoms with E-state index < -0.39 is 0 Å². The zero-order chi connectivity index (χ0) is 14.4. The molecule has 1 aliphatic carbocycles. The lowest BCUT2D eigenvalue weighted by Crippen LogP contribution is -2.25. The molecule has 0 aromatic heterocycles. The Morgan fingerprint density at radius 3 is 2.95 bits per heavy atom. The predicted octanol–water partition coefficient (Wildman–Crippen LogP) is 1.78. The summed E-state index contributed by atoms with van der Waals surface area (Å²) in [7, 11) is 0. The van der Waals surface area contributed by atoms with Gasteiger partial charge in [-0.2, -0.15) is 0 Å². The Hall–Kier alpha value is -2.04. The number of carbonyl (C=O) groups excluding carboxylic acids is 1. The first-order chi connectivity index (χ1) is 9.63. The van der Waals surface area contributed by atoms with Crippen LogP contribution in [0.4, 0.5) is 5.69 Å². The molecule has 0 spiro atoms. The highest BCUT2D eigenvalue weighted by Crippen LogP contribution is 2.18. The van der Waals surface area contributed by atoms with Crippen LogP contribution in [0.3, 0.4) is 0 Å². The number of anilines is 1. The summed E-state index contributed by atoms with van der Waals surface area (Å²) >= 11 is 0. The third-order valence-electron chi connectivity index (χ3n) is 3.08. The number of nitrogens with two attached hydrogens (primary N) is 1. The van der Waals surface area contributed by atoms with Gasteiger partial charge in [-0.25, -0.2) is 0 Å². The van der Waals surface area contributed by atoms with Crippen molar-refractivity contribution >= 4 is 17.6 Å². The summed E-state index contributed by atoms with van der Waals surface area (Å²) in [6.45, 7) is 2.58. The van der Waals surface area contributed by atoms with Crippen molar-refractivity contribution in [2.45, 2.75) is 38.6 Å². The summed E-state index contributed by atoms with van der Waals surface area (Å²) in [5.74, 6) is 0.506. The van der Waals surface area contributed by atoms with Crippen LogP contribution < -0.4 is 16.4 Å². The normalized spacial score (nSPS) is 14.9. The average molecular weight is 274 g/mol. The molecule has 1 fully saturated rings. The van der Waals surface area contributed by atoms with Crippen LogP contribution in [0, 0.1) is 6.92 Å². The highest BCUT2D eigenvalue weighted by molar-refractivity contribution is 5.92. The molecule has 1 aliphatic rings. The van der Waals surface area contributed by atoms with Crippen molar-refractivity contribution in [3.05, 3.63) is 29.8 Å². The van der Waals surface area contributed by atoms with Gasteiger partial charge in [0.25, 0.3) is 0 Å². The van der Waals surface area contributed by atoms with E-state index >= 15 is 0 Å². The fourth-order valence-corrected chi connectivity index (χ4v) is 1.88. The topological polar surface area (TPSA) is 79.5 Å². The second-order valence-corrected chi connectivity index (χ2v) is 5.21. The van der Waals surface area contributed by atoms with Crippen LogP contribution in [-0.4, -0.2) is 24.5 Å². The van der Waals surface area contributed by atoms with E-state index in [0.29, 0.717) is 25.0 Å². The van der Waals surface area contributed by atoms with E-state index in [9.17, 15) is 4.79 Å². The van der Waals surface area contributed by atoms with Crippen molar-refractivity contribution < 1.29 is 4.79 Å². The number of aliphatic imine (C=N–C) groups is 1. The maximum Gasteiger partial charge on any atom is 0.220 e. The number of benzene rings is 1. The van der Waals surface area contributed by atoms with E-state index in [4.69, 9.17) is 5.73 Å². The summed E-state index contributed by atoms with van der Waals surface area (Å²) < 4.78 is 0. The number of carbonyl (C=O) groups is 1. The van der Waals surface area contributed by atoms with Crippen LogP contribution >= 0.6 is 0 Å². The molecule has 0 heterocycles. The number of amides is 1. The Kier molecular flexibility index (Phi) is 4.98. The summed E-state index contributed by atoms with van der Waals surface area (Å²) in [5.41, 5.74) is 7.90. The Bertz CT molecular complexity index is 494. The van der Waals surface area contributed by atoms with E-state index in [1.165, 1.54) is 5.56 Å². The zero-order valence-electron chi connectivity index (χ0n) is 11.9. The summed E-state index contributed by atoms with van der Waals surface area (Å²) in [5, 5.41) is 5.99. The first-order valence-electron chi connectivity index (χ1n) is 7.06. The largest absolute Gasteiger partial charge is 0.370 e. The number of rotatable bonds is 6. The van der Waals surface area contributed by atoms with Gasteiger partial charge in [0.1, 0.15) is 0 Å². The van der Waals surface area contributed by atoms with Crippen molar-refractivity contribution in [3.63, 3.8) is 0 Å². The van der Waals surface area contributed by atoms with E-state index in [1.54, 1.807) is 0 Å². The standard InChI is InChI=1S/C15H22N4O/c1-11-4-2-5-13(10-11)19-15(16)17-9-3-6-14(20)18-12-7-8-12/h2,4-5,10,12H,3,6-9H2,1H3,(H,18,20)(H3,16,17,19). The number of guanidine groups is 1. The zero-order valence-corrected chi connectivity index (χ0v) is 11.9. The maximum atomic E-state index is 11.5. The lowest BCUT2D eigenvalue weighted by Gasteiger charge is -2.06. The van der Waals surface area contributed by atoms with Crippen molar-refractivity contribution in [1.29, 1.82) is 0 Å². The molecule has 1 amide bonds. The van der Waals surface area contributed by atoms with Gasteiger partial charge in [0.2, 0.25) is 5.91 Å². The molecule has 0 aliphatic heterocycles. The molecule has 20 heavy (non-hydrogen) atoms. The first kappa shape index (κ1) is 14.4. The smallest absolute Gasteiger partial charge is 0.220 e. The SMILES string of the molecule is Cc1cccc(NC(N)=NCCCC(=O)NC2CC2)c1. The molecule has 1 aromatic carbocycles. The molecule has 4 N–H and O–H groups in total. The average Bonchev–Trinajstić information content (AvgIpc) is 3.18. The molecule has 5 heteroatoms. The van der Waals surface area contributed by atoms with Gasteiger partial charge in [0, 0.05) is 24.7 Å². The van der Waals surface area contributed by atoms with E-state index in [1.807, 2.05) is 31.2 Å². The van der Waals surface area contributed by atoms with Gasteiger partial charge < -0.3 is 16.4 Å². The van der Waals surface area contributed by atoms with Gasteiger partial charge in [0.15, 0.2) is 5.96 Å². The molecule has 0 radical (unpaired) electrons. The molecular formula is C15H22N4O. The lowest BCUT2D eigenvalue weighted by atomic mass is 10.2. The van der Waals surface area contributed by atoms with Gasteiger partial charge >= 0.3 is 0 Å². The minimum absolute atomic E-state index is 0.118. The summed E-state index contributed by atoms with van der Waals surface area (Å²) in [6.07, 6.45) is 3.47. The summed E-state index contributed by atoms with van der Waals surface area (Å²) in [4.78, 5) is 15.7. The Morgan fingerprint density at radius 1 is 1.45 bits per heavy atom. The number of aryl methyl sites for hydroxylation is 1. The Morgan fingerprint density at radius 2 is 2.25 bits per heavy atom. The molecule has 1 aromatic rings. The molecule has 2 rings (SSSR count). The highest BCUT2D eigenvalue weighted by atomic mass is 16.1. The van der Waals surface area contributed by atoms with Gasteiger partial charge in [-0.15, -0.1) is 0 Å². The van der Waals surface area contributed by atoms with Crippen molar-refractivity contribution in [2.24, 2.45) is 10.7 Å². The minimum atomic E-state index is 0.118. The highest BCUT2D eigenvalue weighted by Gasteiger charge is 2.22. The Balaban J connectivity index is 1.66.